The lowest BCUT2D eigenvalue weighted by Crippen LogP contribution is -2.12. The Morgan fingerprint density at radius 1 is 1.04 bits per heavy atom. The Bertz CT molecular complexity index is 895. The standard InChI is InChI=1S/C22H22ClN3O2/c1-2-13-24-21-12-5-17(14-25-21)22(27)26-19-8-10-20(11-9-19)28-15-16-3-6-18(23)7-4-16/h3-12,14H,2,13,15H2,1H3,(H,24,25)(H,26,27). The molecule has 2 aromatic carbocycles. The average molecular weight is 396 g/mol. The summed E-state index contributed by atoms with van der Waals surface area (Å²) in [6, 6.07) is 18.3. The van der Waals surface area contributed by atoms with Gasteiger partial charge >= 0.3 is 0 Å². The number of aromatic nitrogens is 1. The SMILES string of the molecule is CCCNc1ccc(C(=O)Nc2ccc(OCc3ccc(Cl)cc3)cc2)cn1. The molecular formula is C22H22ClN3O2. The third kappa shape index (κ3) is 5.72. The molecule has 0 fully saturated rings. The van der Waals surface area contributed by atoms with Crippen LogP contribution in [0.2, 0.25) is 5.02 Å². The van der Waals surface area contributed by atoms with Gasteiger partial charge in [0.05, 0.1) is 5.56 Å². The molecule has 3 rings (SSSR count). The fourth-order valence-corrected chi connectivity index (χ4v) is 2.60. The lowest BCUT2D eigenvalue weighted by Gasteiger charge is -2.09. The molecule has 3 aromatic rings. The summed E-state index contributed by atoms with van der Waals surface area (Å²) < 4.78 is 5.75. The van der Waals surface area contributed by atoms with Gasteiger partial charge in [0.1, 0.15) is 18.2 Å². The fourth-order valence-electron chi connectivity index (χ4n) is 2.47. The molecule has 2 N–H and O–H groups in total. The van der Waals surface area contributed by atoms with Crippen molar-refractivity contribution in [1.82, 2.24) is 4.98 Å². The highest BCUT2D eigenvalue weighted by molar-refractivity contribution is 6.30. The maximum Gasteiger partial charge on any atom is 0.257 e. The normalized spacial score (nSPS) is 10.4. The number of carbonyl (C=O) groups is 1. The first kappa shape index (κ1) is 19.7. The predicted octanol–water partition coefficient (Wildman–Crippen LogP) is 5.39. The summed E-state index contributed by atoms with van der Waals surface area (Å²) in [6.07, 6.45) is 2.58. The van der Waals surface area contributed by atoms with Crippen molar-refractivity contribution in [2.45, 2.75) is 20.0 Å². The Labute approximate surface area is 169 Å². The van der Waals surface area contributed by atoms with Crippen LogP contribution in [0.25, 0.3) is 0 Å². The van der Waals surface area contributed by atoms with E-state index in [1.807, 2.05) is 36.4 Å². The first-order valence-electron chi connectivity index (χ1n) is 9.12. The van der Waals surface area contributed by atoms with E-state index >= 15 is 0 Å². The van der Waals surface area contributed by atoms with E-state index in [9.17, 15) is 4.79 Å². The zero-order valence-corrected chi connectivity index (χ0v) is 16.4. The Kier molecular flexibility index (Phi) is 6.87. The van der Waals surface area contributed by atoms with Gasteiger partial charge in [-0.05, 0) is 60.5 Å². The van der Waals surface area contributed by atoms with Gasteiger partial charge in [-0.2, -0.15) is 0 Å². The zero-order chi connectivity index (χ0) is 19.8. The van der Waals surface area contributed by atoms with Crippen LogP contribution in [-0.4, -0.2) is 17.4 Å². The van der Waals surface area contributed by atoms with E-state index in [0.717, 1.165) is 30.1 Å². The number of carbonyl (C=O) groups excluding carboxylic acids is 1. The summed E-state index contributed by atoms with van der Waals surface area (Å²) in [4.78, 5) is 16.6. The van der Waals surface area contributed by atoms with Gasteiger partial charge in [0.15, 0.2) is 0 Å². The molecule has 0 aliphatic heterocycles. The Hall–Kier alpha value is -3.05. The third-order valence-corrected chi connectivity index (χ3v) is 4.26. The molecule has 0 unspecified atom stereocenters. The minimum atomic E-state index is -0.204. The van der Waals surface area contributed by atoms with E-state index in [4.69, 9.17) is 16.3 Å². The second kappa shape index (κ2) is 9.76. The van der Waals surface area contributed by atoms with Gasteiger partial charge in [0.25, 0.3) is 5.91 Å². The maximum absolute atomic E-state index is 12.3. The van der Waals surface area contributed by atoms with Crippen LogP contribution < -0.4 is 15.4 Å². The van der Waals surface area contributed by atoms with Crippen molar-refractivity contribution in [2.24, 2.45) is 0 Å². The van der Waals surface area contributed by atoms with Crippen molar-refractivity contribution in [3.8, 4) is 5.75 Å². The van der Waals surface area contributed by atoms with Gasteiger partial charge < -0.3 is 15.4 Å². The number of anilines is 2. The number of ether oxygens (including phenoxy) is 1. The molecule has 0 spiro atoms. The van der Waals surface area contributed by atoms with Crippen molar-refractivity contribution >= 4 is 29.0 Å². The number of nitrogens with zero attached hydrogens (tertiary/aromatic N) is 1. The highest BCUT2D eigenvalue weighted by Gasteiger charge is 2.07. The Morgan fingerprint density at radius 2 is 1.79 bits per heavy atom. The maximum atomic E-state index is 12.3. The van der Waals surface area contributed by atoms with Crippen LogP contribution in [0.4, 0.5) is 11.5 Å². The van der Waals surface area contributed by atoms with E-state index in [1.54, 1.807) is 30.5 Å². The average Bonchev–Trinajstić information content (AvgIpc) is 2.73. The van der Waals surface area contributed by atoms with E-state index in [2.05, 4.69) is 22.5 Å². The van der Waals surface area contributed by atoms with Crippen molar-refractivity contribution in [3.63, 3.8) is 0 Å². The smallest absolute Gasteiger partial charge is 0.257 e. The van der Waals surface area contributed by atoms with E-state index in [-0.39, 0.29) is 5.91 Å². The highest BCUT2D eigenvalue weighted by atomic mass is 35.5. The minimum absolute atomic E-state index is 0.204. The van der Waals surface area contributed by atoms with Crippen LogP contribution in [0.1, 0.15) is 29.3 Å². The van der Waals surface area contributed by atoms with Gasteiger partial charge in [-0.25, -0.2) is 4.98 Å². The number of hydrogen-bond donors (Lipinski definition) is 2. The van der Waals surface area contributed by atoms with Crippen LogP contribution in [0, 0.1) is 0 Å². The number of benzene rings is 2. The molecule has 0 bridgehead atoms. The number of halogens is 1. The molecule has 0 atom stereocenters. The Balaban J connectivity index is 1.53. The molecule has 0 saturated carbocycles. The molecule has 1 heterocycles. The van der Waals surface area contributed by atoms with Crippen LogP contribution in [-0.2, 0) is 6.61 Å². The van der Waals surface area contributed by atoms with Gasteiger partial charge in [-0.15, -0.1) is 0 Å². The summed E-state index contributed by atoms with van der Waals surface area (Å²) >= 11 is 5.88. The van der Waals surface area contributed by atoms with Crippen molar-refractivity contribution in [3.05, 3.63) is 83.0 Å². The first-order valence-corrected chi connectivity index (χ1v) is 9.50. The summed E-state index contributed by atoms with van der Waals surface area (Å²) in [5.41, 5.74) is 2.23. The minimum Gasteiger partial charge on any atom is -0.489 e. The van der Waals surface area contributed by atoms with Gasteiger partial charge in [-0.1, -0.05) is 30.7 Å². The molecule has 144 valence electrons. The molecule has 6 heteroatoms. The van der Waals surface area contributed by atoms with E-state index in [0.29, 0.717) is 22.9 Å². The molecule has 0 saturated heterocycles. The molecule has 0 aliphatic carbocycles. The molecule has 0 radical (unpaired) electrons. The number of hydrogen-bond acceptors (Lipinski definition) is 4. The van der Waals surface area contributed by atoms with E-state index < -0.39 is 0 Å². The Morgan fingerprint density at radius 3 is 2.43 bits per heavy atom. The summed E-state index contributed by atoms with van der Waals surface area (Å²) in [7, 11) is 0. The van der Waals surface area contributed by atoms with Gasteiger partial charge in [0.2, 0.25) is 0 Å². The second-order valence-electron chi connectivity index (χ2n) is 6.25. The van der Waals surface area contributed by atoms with Crippen molar-refractivity contribution < 1.29 is 9.53 Å². The van der Waals surface area contributed by atoms with Crippen molar-refractivity contribution in [2.75, 3.05) is 17.2 Å². The molecule has 0 aliphatic rings. The van der Waals surface area contributed by atoms with Crippen LogP contribution in [0.5, 0.6) is 5.75 Å². The number of nitrogens with one attached hydrogen (secondary N) is 2. The first-order chi connectivity index (χ1) is 13.6. The number of amides is 1. The lowest BCUT2D eigenvalue weighted by atomic mass is 10.2. The molecule has 28 heavy (non-hydrogen) atoms. The zero-order valence-electron chi connectivity index (χ0n) is 15.6. The van der Waals surface area contributed by atoms with Crippen LogP contribution in [0.15, 0.2) is 66.9 Å². The number of rotatable bonds is 8. The third-order valence-electron chi connectivity index (χ3n) is 4.01. The topological polar surface area (TPSA) is 63.2 Å². The summed E-state index contributed by atoms with van der Waals surface area (Å²) in [6.45, 7) is 3.39. The van der Waals surface area contributed by atoms with Gasteiger partial charge in [0, 0.05) is 23.5 Å². The fraction of sp³-hybridized carbons (Fsp3) is 0.182. The van der Waals surface area contributed by atoms with Gasteiger partial charge in [-0.3, -0.25) is 4.79 Å². The largest absolute Gasteiger partial charge is 0.489 e. The van der Waals surface area contributed by atoms with E-state index in [1.165, 1.54) is 0 Å². The lowest BCUT2D eigenvalue weighted by molar-refractivity contribution is 0.102. The molecule has 1 amide bonds. The highest BCUT2D eigenvalue weighted by Crippen LogP contribution is 2.18. The van der Waals surface area contributed by atoms with Crippen LogP contribution >= 0.6 is 11.6 Å². The predicted molar refractivity (Wildman–Crippen MR) is 113 cm³/mol. The second-order valence-corrected chi connectivity index (χ2v) is 6.69. The van der Waals surface area contributed by atoms with Crippen LogP contribution in [0.3, 0.4) is 0 Å². The van der Waals surface area contributed by atoms with Crippen molar-refractivity contribution in [1.29, 1.82) is 0 Å². The quantitative estimate of drug-likeness (QED) is 0.536. The molecule has 5 nitrogen and oxygen atoms in total. The molecule has 1 aromatic heterocycles. The summed E-state index contributed by atoms with van der Waals surface area (Å²) in [5, 5.41) is 6.74. The number of pyridine rings is 1. The summed E-state index contributed by atoms with van der Waals surface area (Å²) in [5.74, 6) is 1.28. The monoisotopic (exact) mass is 395 g/mol. The molecular weight excluding hydrogens is 374 g/mol.